The number of hydrogen-bond acceptors (Lipinski definition) is 4. The molecular formula is C16H23N3O. The summed E-state index contributed by atoms with van der Waals surface area (Å²) < 4.78 is 0. The van der Waals surface area contributed by atoms with Gasteiger partial charge in [-0.05, 0) is 57.3 Å². The van der Waals surface area contributed by atoms with Crippen molar-refractivity contribution in [2.75, 3.05) is 18.8 Å². The molecule has 1 saturated carbocycles. The number of hydrogen-bond donors (Lipinski definition) is 1. The summed E-state index contributed by atoms with van der Waals surface area (Å²) in [5.74, 6) is 0.580. The minimum Gasteiger partial charge on any atom is -0.383 e. The lowest BCUT2D eigenvalue weighted by Crippen LogP contribution is -2.51. The monoisotopic (exact) mass is 273 g/mol. The van der Waals surface area contributed by atoms with Crippen molar-refractivity contribution in [3.8, 4) is 0 Å². The molecule has 3 rings (SSSR count). The number of rotatable bonds is 3. The Morgan fingerprint density at radius 2 is 1.90 bits per heavy atom. The number of anilines is 1. The van der Waals surface area contributed by atoms with Crippen LogP contribution in [0.1, 0.15) is 54.4 Å². The fourth-order valence-corrected chi connectivity index (χ4v) is 3.80. The van der Waals surface area contributed by atoms with Crippen LogP contribution in [0.5, 0.6) is 0 Å². The van der Waals surface area contributed by atoms with Gasteiger partial charge in [0, 0.05) is 6.20 Å². The van der Waals surface area contributed by atoms with Crippen LogP contribution in [0.25, 0.3) is 0 Å². The normalized spacial score (nSPS) is 22.2. The van der Waals surface area contributed by atoms with Gasteiger partial charge in [0.1, 0.15) is 5.82 Å². The first-order chi connectivity index (χ1) is 9.63. The lowest BCUT2D eigenvalue weighted by Gasteiger charge is -2.37. The van der Waals surface area contributed by atoms with Crippen LogP contribution in [0.3, 0.4) is 0 Å². The summed E-state index contributed by atoms with van der Waals surface area (Å²) in [6.07, 6.45) is 8.36. The standard InChI is InChI=1S/C16H23N3O/c1-12-10-13(15(17)18-11-12)14(20)16(6-2-3-7-16)19-8-4-5-9-19/h10-11H,2-9H2,1H3,(H2,17,18). The highest BCUT2D eigenvalue weighted by atomic mass is 16.1. The number of nitrogens with zero attached hydrogens (tertiary/aromatic N) is 2. The minimum absolute atomic E-state index is 0.200. The number of nitrogen functional groups attached to an aromatic ring is 1. The van der Waals surface area contributed by atoms with Gasteiger partial charge in [-0.25, -0.2) is 4.98 Å². The molecule has 0 spiro atoms. The van der Waals surface area contributed by atoms with Crippen molar-refractivity contribution in [1.29, 1.82) is 0 Å². The van der Waals surface area contributed by atoms with E-state index in [1.54, 1.807) is 6.20 Å². The highest BCUT2D eigenvalue weighted by Gasteiger charge is 2.47. The second-order valence-electron chi connectivity index (χ2n) is 6.21. The average molecular weight is 273 g/mol. The van der Waals surface area contributed by atoms with E-state index < -0.39 is 0 Å². The largest absolute Gasteiger partial charge is 0.383 e. The number of likely N-dealkylation sites (tertiary alicyclic amines) is 1. The predicted molar refractivity (Wildman–Crippen MR) is 79.7 cm³/mol. The maximum Gasteiger partial charge on any atom is 0.186 e. The van der Waals surface area contributed by atoms with E-state index in [9.17, 15) is 4.79 Å². The zero-order valence-electron chi connectivity index (χ0n) is 12.2. The van der Waals surface area contributed by atoms with Crippen LogP contribution in [0, 0.1) is 6.92 Å². The Labute approximate surface area is 120 Å². The van der Waals surface area contributed by atoms with Crippen molar-refractivity contribution in [3.63, 3.8) is 0 Å². The maximum atomic E-state index is 13.2. The zero-order chi connectivity index (χ0) is 14.2. The first-order valence-electron chi connectivity index (χ1n) is 7.65. The third-order valence-electron chi connectivity index (χ3n) is 4.86. The first-order valence-corrected chi connectivity index (χ1v) is 7.65. The highest BCUT2D eigenvalue weighted by Crippen LogP contribution is 2.40. The van der Waals surface area contributed by atoms with Crippen LogP contribution in [0.2, 0.25) is 0 Å². The Hall–Kier alpha value is -1.42. The smallest absolute Gasteiger partial charge is 0.186 e. The molecule has 108 valence electrons. The number of carbonyl (C=O) groups is 1. The fraction of sp³-hybridized carbons (Fsp3) is 0.625. The van der Waals surface area contributed by atoms with Gasteiger partial charge in [-0.3, -0.25) is 9.69 Å². The first kappa shape index (κ1) is 13.6. The Morgan fingerprint density at radius 1 is 1.25 bits per heavy atom. The van der Waals surface area contributed by atoms with Crippen LogP contribution < -0.4 is 5.73 Å². The molecule has 2 aliphatic rings. The van der Waals surface area contributed by atoms with Crippen molar-refractivity contribution in [1.82, 2.24) is 9.88 Å². The summed E-state index contributed by atoms with van der Waals surface area (Å²) in [6.45, 7) is 4.05. The fourth-order valence-electron chi connectivity index (χ4n) is 3.80. The van der Waals surface area contributed by atoms with Crippen molar-refractivity contribution in [3.05, 3.63) is 23.4 Å². The van der Waals surface area contributed by atoms with Crippen LogP contribution in [0.4, 0.5) is 5.82 Å². The molecule has 0 amide bonds. The molecule has 0 bridgehead atoms. The van der Waals surface area contributed by atoms with E-state index in [1.807, 2.05) is 13.0 Å². The Kier molecular flexibility index (Phi) is 3.50. The van der Waals surface area contributed by atoms with E-state index in [0.717, 1.165) is 44.3 Å². The molecule has 1 aliphatic heterocycles. The molecule has 4 nitrogen and oxygen atoms in total. The molecule has 0 unspecified atom stereocenters. The third-order valence-corrected chi connectivity index (χ3v) is 4.86. The van der Waals surface area contributed by atoms with Gasteiger partial charge in [-0.2, -0.15) is 0 Å². The topological polar surface area (TPSA) is 59.2 Å². The number of Topliss-reactive ketones (excluding diaryl/α,β-unsaturated/α-hetero) is 1. The number of nitrogens with two attached hydrogens (primary N) is 1. The van der Waals surface area contributed by atoms with E-state index in [1.165, 1.54) is 12.8 Å². The molecule has 2 heterocycles. The third kappa shape index (κ3) is 2.12. The van der Waals surface area contributed by atoms with Crippen molar-refractivity contribution in [2.24, 2.45) is 0 Å². The number of ketones is 1. The van der Waals surface area contributed by atoms with Crippen LogP contribution in [-0.2, 0) is 0 Å². The van der Waals surface area contributed by atoms with Crippen molar-refractivity contribution < 1.29 is 4.79 Å². The van der Waals surface area contributed by atoms with Gasteiger partial charge in [-0.1, -0.05) is 12.8 Å². The lowest BCUT2D eigenvalue weighted by atomic mass is 9.85. The molecule has 20 heavy (non-hydrogen) atoms. The second-order valence-corrected chi connectivity index (χ2v) is 6.21. The molecule has 1 aromatic rings. The summed E-state index contributed by atoms with van der Waals surface area (Å²) in [7, 11) is 0. The molecule has 4 heteroatoms. The van der Waals surface area contributed by atoms with Crippen molar-refractivity contribution >= 4 is 11.6 Å². The summed E-state index contributed by atoms with van der Waals surface area (Å²) >= 11 is 0. The van der Waals surface area contributed by atoms with E-state index in [4.69, 9.17) is 5.73 Å². The van der Waals surface area contributed by atoms with Gasteiger partial charge >= 0.3 is 0 Å². The summed E-state index contributed by atoms with van der Waals surface area (Å²) in [5, 5.41) is 0. The van der Waals surface area contributed by atoms with E-state index >= 15 is 0 Å². The van der Waals surface area contributed by atoms with E-state index in [-0.39, 0.29) is 11.3 Å². The van der Waals surface area contributed by atoms with Gasteiger partial charge in [0.2, 0.25) is 0 Å². The van der Waals surface area contributed by atoms with Gasteiger partial charge in [-0.15, -0.1) is 0 Å². The molecule has 2 fully saturated rings. The number of aromatic nitrogens is 1. The van der Waals surface area contributed by atoms with Gasteiger partial charge in [0.25, 0.3) is 0 Å². The van der Waals surface area contributed by atoms with E-state index in [2.05, 4.69) is 9.88 Å². The molecule has 0 radical (unpaired) electrons. The van der Waals surface area contributed by atoms with Gasteiger partial charge in [0.05, 0.1) is 11.1 Å². The summed E-state index contributed by atoms with van der Waals surface area (Å²) in [6, 6.07) is 1.90. The van der Waals surface area contributed by atoms with Crippen LogP contribution in [-0.4, -0.2) is 34.3 Å². The van der Waals surface area contributed by atoms with Crippen molar-refractivity contribution in [2.45, 2.75) is 51.0 Å². The molecule has 0 atom stereocenters. The lowest BCUT2D eigenvalue weighted by molar-refractivity contribution is 0.0627. The predicted octanol–water partition coefficient (Wildman–Crippen LogP) is 2.56. The average Bonchev–Trinajstić information content (AvgIpc) is 3.11. The molecule has 1 aromatic heterocycles. The molecule has 0 aromatic carbocycles. The number of pyridine rings is 1. The quantitative estimate of drug-likeness (QED) is 0.860. The SMILES string of the molecule is Cc1cnc(N)c(C(=O)C2(N3CCCC3)CCCC2)c1. The number of aryl methyl sites for hydroxylation is 1. The highest BCUT2D eigenvalue weighted by molar-refractivity contribution is 6.06. The number of carbonyl (C=O) groups excluding carboxylic acids is 1. The Balaban J connectivity index is 1.99. The molecular weight excluding hydrogens is 250 g/mol. The molecule has 1 aliphatic carbocycles. The van der Waals surface area contributed by atoms with Crippen LogP contribution in [0.15, 0.2) is 12.3 Å². The minimum atomic E-state index is -0.305. The summed E-state index contributed by atoms with van der Waals surface area (Å²) in [4.78, 5) is 19.7. The molecule has 1 saturated heterocycles. The van der Waals surface area contributed by atoms with Gasteiger partial charge < -0.3 is 5.73 Å². The summed E-state index contributed by atoms with van der Waals surface area (Å²) in [5.41, 5.74) is 7.28. The molecule has 2 N–H and O–H groups in total. The Bertz CT molecular complexity index is 514. The Morgan fingerprint density at radius 3 is 2.55 bits per heavy atom. The maximum absolute atomic E-state index is 13.2. The van der Waals surface area contributed by atoms with Gasteiger partial charge in [0.15, 0.2) is 5.78 Å². The van der Waals surface area contributed by atoms with E-state index in [0.29, 0.717) is 11.4 Å². The zero-order valence-corrected chi connectivity index (χ0v) is 12.2. The van der Waals surface area contributed by atoms with Crippen LogP contribution >= 0.6 is 0 Å². The second kappa shape index (κ2) is 5.17.